The number of alkyl halides is 1. The van der Waals surface area contributed by atoms with E-state index in [-0.39, 0.29) is 0 Å². The number of fused-ring (bicyclic) bond motifs is 1. The third-order valence-electron chi connectivity index (χ3n) is 4.66. The molecule has 0 aliphatic heterocycles. The predicted octanol–water partition coefficient (Wildman–Crippen LogP) is 2.71. The number of hydrogen-bond donors (Lipinski definition) is 1. The lowest BCUT2D eigenvalue weighted by Gasteiger charge is -2.15. The van der Waals surface area contributed by atoms with Crippen molar-refractivity contribution in [1.29, 1.82) is 0 Å². The molecular weight excluding hydrogens is 266 g/mol. The molecule has 0 aromatic rings. The second-order valence-electron chi connectivity index (χ2n) is 5.95. The van der Waals surface area contributed by atoms with E-state index < -0.39 is 0 Å². The molecule has 16 heavy (non-hydrogen) atoms. The normalized spacial score (nSPS) is 45.4. The van der Waals surface area contributed by atoms with Crippen LogP contribution in [0.3, 0.4) is 0 Å². The lowest BCUT2D eigenvalue weighted by Crippen LogP contribution is -2.33. The highest BCUT2D eigenvalue weighted by Crippen LogP contribution is 2.54. The van der Waals surface area contributed by atoms with E-state index in [0.29, 0.717) is 22.6 Å². The molecule has 0 aromatic carbocycles. The average Bonchev–Trinajstić information content (AvgIpc) is 2.71. The highest BCUT2D eigenvalue weighted by atomic mass is 79.9. The molecule has 3 fully saturated rings. The topological polar surface area (TPSA) is 29.1 Å². The number of amides is 1. The molecule has 0 heterocycles. The first-order valence-electron chi connectivity index (χ1n) is 6.64. The molecule has 0 spiro atoms. The van der Waals surface area contributed by atoms with E-state index in [0.717, 1.165) is 18.4 Å². The molecule has 4 atom stereocenters. The molecule has 0 bridgehead atoms. The van der Waals surface area contributed by atoms with E-state index in [4.69, 9.17) is 0 Å². The Bertz CT molecular complexity index is 284. The van der Waals surface area contributed by atoms with Gasteiger partial charge in [-0.15, -0.1) is 0 Å². The maximum Gasteiger partial charge on any atom is 0.223 e. The predicted molar refractivity (Wildman–Crippen MR) is 67.4 cm³/mol. The molecule has 0 saturated heterocycles. The summed E-state index contributed by atoms with van der Waals surface area (Å²) >= 11 is 3.65. The van der Waals surface area contributed by atoms with Crippen molar-refractivity contribution < 1.29 is 4.79 Å². The van der Waals surface area contributed by atoms with Gasteiger partial charge in [-0.25, -0.2) is 0 Å². The van der Waals surface area contributed by atoms with Crippen LogP contribution < -0.4 is 5.32 Å². The van der Waals surface area contributed by atoms with Crippen molar-refractivity contribution in [2.75, 3.05) is 6.54 Å². The number of nitrogens with one attached hydrogen (secondary N) is 1. The third kappa shape index (κ3) is 2.29. The summed E-state index contributed by atoms with van der Waals surface area (Å²) in [4.78, 5) is 12.6. The summed E-state index contributed by atoms with van der Waals surface area (Å²) in [5.74, 6) is 3.22. The van der Waals surface area contributed by atoms with Crippen LogP contribution in [-0.4, -0.2) is 17.3 Å². The monoisotopic (exact) mass is 285 g/mol. The average molecular weight is 286 g/mol. The number of carbonyl (C=O) groups is 1. The van der Waals surface area contributed by atoms with Gasteiger partial charge in [0.05, 0.1) is 0 Å². The Labute approximate surface area is 106 Å². The zero-order chi connectivity index (χ0) is 11.1. The fourth-order valence-corrected chi connectivity index (χ4v) is 4.31. The fraction of sp³-hybridized carbons (Fsp3) is 0.923. The number of rotatable bonds is 3. The summed E-state index contributed by atoms with van der Waals surface area (Å²) in [6, 6.07) is 0. The van der Waals surface area contributed by atoms with Gasteiger partial charge < -0.3 is 5.32 Å². The number of carbonyl (C=O) groups excluding carboxylic acids is 1. The first kappa shape index (κ1) is 11.1. The van der Waals surface area contributed by atoms with Crippen LogP contribution in [0.15, 0.2) is 0 Å². The first-order chi connectivity index (χ1) is 7.72. The van der Waals surface area contributed by atoms with Gasteiger partial charge in [-0.3, -0.25) is 4.79 Å². The highest BCUT2D eigenvalue weighted by molar-refractivity contribution is 9.09. The lowest BCUT2D eigenvalue weighted by molar-refractivity contribution is -0.125. The van der Waals surface area contributed by atoms with Gasteiger partial charge in [0.25, 0.3) is 0 Å². The zero-order valence-corrected chi connectivity index (χ0v) is 11.2. The first-order valence-corrected chi connectivity index (χ1v) is 7.55. The Morgan fingerprint density at radius 2 is 1.88 bits per heavy atom. The fourth-order valence-electron chi connectivity index (χ4n) is 3.52. The van der Waals surface area contributed by atoms with Gasteiger partial charge in [-0.1, -0.05) is 15.9 Å². The van der Waals surface area contributed by atoms with Gasteiger partial charge in [0.1, 0.15) is 0 Å². The summed E-state index contributed by atoms with van der Waals surface area (Å²) < 4.78 is 0. The SMILES string of the molecule is O=C(NCC1CCC(Br)C1)C1CC2CC2C1. The van der Waals surface area contributed by atoms with Crippen LogP contribution in [0.5, 0.6) is 0 Å². The Hall–Kier alpha value is -0.0500. The van der Waals surface area contributed by atoms with Crippen LogP contribution in [-0.2, 0) is 4.79 Å². The van der Waals surface area contributed by atoms with Gasteiger partial charge in [0, 0.05) is 17.3 Å². The molecule has 1 amide bonds. The Morgan fingerprint density at radius 3 is 2.50 bits per heavy atom. The van der Waals surface area contributed by atoms with Crippen LogP contribution in [0.2, 0.25) is 0 Å². The number of hydrogen-bond acceptors (Lipinski definition) is 1. The molecule has 3 aliphatic carbocycles. The van der Waals surface area contributed by atoms with E-state index >= 15 is 0 Å². The summed E-state index contributed by atoms with van der Waals surface area (Å²) in [5, 5.41) is 3.17. The molecule has 0 radical (unpaired) electrons. The Kier molecular flexibility index (Phi) is 2.99. The van der Waals surface area contributed by atoms with Crippen molar-refractivity contribution in [3.05, 3.63) is 0 Å². The lowest BCUT2D eigenvalue weighted by atomic mass is 10.0. The van der Waals surface area contributed by atoms with E-state index in [2.05, 4.69) is 21.2 Å². The molecule has 90 valence electrons. The summed E-state index contributed by atoms with van der Waals surface area (Å²) in [5.41, 5.74) is 0. The van der Waals surface area contributed by atoms with Crippen LogP contribution in [0, 0.1) is 23.7 Å². The van der Waals surface area contributed by atoms with E-state index in [1.54, 1.807) is 0 Å². The van der Waals surface area contributed by atoms with E-state index in [1.807, 2.05) is 0 Å². The molecule has 3 rings (SSSR count). The van der Waals surface area contributed by atoms with Crippen molar-refractivity contribution >= 4 is 21.8 Å². The minimum Gasteiger partial charge on any atom is -0.356 e. The molecule has 4 unspecified atom stereocenters. The summed E-state index contributed by atoms with van der Waals surface area (Å²) in [6.07, 6.45) is 7.51. The number of halogens is 1. The summed E-state index contributed by atoms with van der Waals surface area (Å²) in [6.45, 7) is 0.909. The van der Waals surface area contributed by atoms with Crippen molar-refractivity contribution in [2.24, 2.45) is 23.7 Å². The standard InChI is InChI=1S/C13H20BrNO/c14-12-2-1-8(3-12)7-15-13(16)11-5-9-4-10(9)6-11/h8-12H,1-7H2,(H,15,16). The molecule has 0 aromatic heterocycles. The maximum atomic E-state index is 11.9. The van der Waals surface area contributed by atoms with Gasteiger partial charge >= 0.3 is 0 Å². The molecule has 1 N–H and O–H groups in total. The Balaban J connectivity index is 1.40. The smallest absolute Gasteiger partial charge is 0.223 e. The van der Waals surface area contributed by atoms with Crippen LogP contribution in [0.1, 0.15) is 38.5 Å². The van der Waals surface area contributed by atoms with Gasteiger partial charge in [-0.05, 0) is 56.3 Å². The molecule has 2 nitrogen and oxygen atoms in total. The molecular formula is C13H20BrNO. The van der Waals surface area contributed by atoms with Crippen molar-refractivity contribution in [3.8, 4) is 0 Å². The van der Waals surface area contributed by atoms with Crippen LogP contribution in [0.25, 0.3) is 0 Å². The molecule has 3 heteroatoms. The minimum atomic E-state index is 0.338. The van der Waals surface area contributed by atoms with Crippen molar-refractivity contribution in [2.45, 2.75) is 43.4 Å². The van der Waals surface area contributed by atoms with Crippen molar-refractivity contribution in [3.63, 3.8) is 0 Å². The van der Waals surface area contributed by atoms with E-state index in [1.165, 1.54) is 38.5 Å². The molecule has 3 aliphatic rings. The van der Waals surface area contributed by atoms with Gasteiger partial charge in [0.2, 0.25) is 5.91 Å². The quantitative estimate of drug-likeness (QED) is 0.794. The maximum absolute atomic E-state index is 11.9. The Morgan fingerprint density at radius 1 is 1.12 bits per heavy atom. The largest absolute Gasteiger partial charge is 0.356 e. The van der Waals surface area contributed by atoms with E-state index in [9.17, 15) is 4.79 Å². The van der Waals surface area contributed by atoms with Gasteiger partial charge in [-0.2, -0.15) is 0 Å². The molecule has 3 saturated carbocycles. The van der Waals surface area contributed by atoms with Crippen molar-refractivity contribution in [1.82, 2.24) is 5.32 Å². The van der Waals surface area contributed by atoms with Gasteiger partial charge in [0.15, 0.2) is 0 Å². The third-order valence-corrected chi connectivity index (χ3v) is 5.49. The second kappa shape index (κ2) is 4.32. The second-order valence-corrected chi connectivity index (χ2v) is 7.24. The minimum absolute atomic E-state index is 0.338. The zero-order valence-electron chi connectivity index (χ0n) is 9.62. The summed E-state index contributed by atoms with van der Waals surface area (Å²) in [7, 11) is 0. The van der Waals surface area contributed by atoms with Crippen LogP contribution >= 0.6 is 15.9 Å². The highest BCUT2D eigenvalue weighted by Gasteiger charge is 2.47. The van der Waals surface area contributed by atoms with Crippen LogP contribution in [0.4, 0.5) is 0 Å².